The lowest BCUT2D eigenvalue weighted by atomic mass is 9.96. The summed E-state index contributed by atoms with van der Waals surface area (Å²) < 4.78 is 0. The summed E-state index contributed by atoms with van der Waals surface area (Å²) in [6, 6.07) is 10.3. The number of fused-ring (bicyclic) bond motifs is 3. The highest BCUT2D eigenvalue weighted by Crippen LogP contribution is 2.38. The van der Waals surface area contributed by atoms with Gasteiger partial charge in [0.1, 0.15) is 10.6 Å². The molecule has 1 saturated heterocycles. The molecular weight excluding hydrogens is 454 g/mol. The number of thiophene rings is 1. The van der Waals surface area contributed by atoms with E-state index in [-0.39, 0.29) is 11.8 Å². The Kier molecular flexibility index (Phi) is 7.74. The van der Waals surface area contributed by atoms with Crippen molar-refractivity contribution in [2.24, 2.45) is 11.7 Å². The van der Waals surface area contributed by atoms with Gasteiger partial charge in [-0.05, 0) is 88.2 Å². The first-order valence-electron chi connectivity index (χ1n) is 13.0. The summed E-state index contributed by atoms with van der Waals surface area (Å²) in [7, 11) is 0. The predicted molar refractivity (Wildman–Crippen MR) is 146 cm³/mol. The van der Waals surface area contributed by atoms with Crippen LogP contribution in [0.25, 0.3) is 22.4 Å². The molecule has 7 heteroatoms. The Morgan fingerprint density at radius 2 is 1.89 bits per heavy atom. The lowest BCUT2D eigenvalue weighted by Crippen LogP contribution is -2.38. The second-order valence-electron chi connectivity index (χ2n) is 9.72. The molecule has 0 unspecified atom stereocenters. The Labute approximate surface area is 211 Å². The van der Waals surface area contributed by atoms with Crippen molar-refractivity contribution in [1.29, 1.82) is 0 Å². The molecule has 0 atom stereocenters. The van der Waals surface area contributed by atoms with Crippen molar-refractivity contribution < 1.29 is 4.79 Å². The van der Waals surface area contributed by atoms with Gasteiger partial charge < -0.3 is 16.0 Å². The van der Waals surface area contributed by atoms with Crippen molar-refractivity contribution in [3.8, 4) is 0 Å². The van der Waals surface area contributed by atoms with Crippen molar-refractivity contribution >= 4 is 45.4 Å². The molecule has 5 rings (SSSR count). The van der Waals surface area contributed by atoms with Crippen LogP contribution in [0.3, 0.4) is 0 Å². The number of likely N-dealkylation sites (tertiary alicyclic amines) is 1. The highest BCUT2D eigenvalue weighted by atomic mass is 32.1. The lowest BCUT2D eigenvalue weighted by Gasteiger charge is -2.30. The third kappa shape index (κ3) is 5.90. The van der Waals surface area contributed by atoms with E-state index in [0.717, 1.165) is 86.7 Å². The maximum atomic E-state index is 11.4. The van der Waals surface area contributed by atoms with Gasteiger partial charge in [0.05, 0.1) is 5.39 Å². The maximum absolute atomic E-state index is 11.4. The molecular formula is C28H35N5OS. The number of hydrogen-bond donors (Lipinski definition) is 2. The topological polar surface area (TPSA) is 84.1 Å². The summed E-state index contributed by atoms with van der Waals surface area (Å²) in [5, 5.41) is 4.91. The zero-order valence-corrected chi connectivity index (χ0v) is 21.2. The van der Waals surface area contributed by atoms with E-state index in [1.165, 1.54) is 28.7 Å². The Bertz CT molecular complexity index is 1180. The van der Waals surface area contributed by atoms with Gasteiger partial charge in [-0.2, -0.15) is 0 Å². The number of primary amides is 1. The van der Waals surface area contributed by atoms with Gasteiger partial charge in [-0.1, -0.05) is 36.4 Å². The van der Waals surface area contributed by atoms with E-state index in [4.69, 9.17) is 15.7 Å². The molecule has 1 fully saturated rings. The van der Waals surface area contributed by atoms with Crippen LogP contribution in [0.5, 0.6) is 0 Å². The molecule has 0 bridgehead atoms. The van der Waals surface area contributed by atoms with Gasteiger partial charge >= 0.3 is 0 Å². The second kappa shape index (κ2) is 11.3. The standard InChI is InChI=1S/C28H35N5OS/c29-26(34)21-14-18-33(19-15-21)17-7-6-16-30-27-25-22-10-4-5-11-23(22)35-28(25)32-24(31-27)13-12-20-8-2-1-3-9-20/h1-3,8-9,12-13,21H,4-7,10-11,14-19H2,(H2,29,34)(H,30,31,32)/b13-12+. The average molecular weight is 490 g/mol. The molecule has 3 N–H and O–H groups in total. The minimum atomic E-state index is -0.140. The molecule has 6 nitrogen and oxygen atoms in total. The van der Waals surface area contributed by atoms with Crippen LogP contribution in [0.2, 0.25) is 0 Å². The fourth-order valence-corrected chi connectivity index (χ4v) is 6.49. The maximum Gasteiger partial charge on any atom is 0.220 e. The molecule has 0 radical (unpaired) electrons. The first-order chi connectivity index (χ1) is 17.2. The van der Waals surface area contributed by atoms with Crippen LogP contribution in [0.1, 0.15) is 60.4 Å². The number of carbonyl (C=O) groups excluding carboxylic acids is 1. The number of hydrogen-bond acceptors (Lipinski definition) is 6. The molecule has 35 heavy (non-hydrogen) atoms. The van der Waals surface area contributed by atoms with Gasteiger partial charge in [0.15, 0.2) is 5.82 Å². The highest BCUT2D eigenvalue weighted by Gasteiger charge is 2.23. The van der Waals surface area contributed by atoms with E-state index in [1.807, 2.05) is 35.6 Å². The molecule has 1 aliphatic heterocycles. The van der Waals surface area contributed by atoms with E-state index in [1.54, 1.807) is 0 Å². The average Bonchev–Trinajstić information content (AvgIpc) is 3.27. The van der Waals surface area contributed by atoms with Crippen molar-refractivity contribution in [2.45, 2.75) is 51.4 Å². The fraction of sp³-hybridized carbons (Fsp3) is 0.464. The van der Waals surface area contributed by atoms with Crippen molar-refractivity contribution in [3.63, 3.8) is 0 Å². The van der Waals surface area contributed by atoms with E-state index in [0.29, 0.717) is 0 Å². The summed E-state index contributed by atoms with van der Waals surface area (Å²) in [6.07, 6.45) is 12.9. The minimum Gasteiger partial charge on any atom is -0.369 e. The summed E-state index contributed by atoms with van der Waals surface area (Å²) >= 11 is 1.85. The minimum absolute atomic E-state index is 0.0646. The first-order valence-corrected chi connectivity index (χ1v) is 13.8. The van der Waals surface area contributed by atoms with Crippen molar-refractivity contribution in [1.82, 2.24) is 14.9 Å². The van der Waals surface area contributed by atoms with Gasteiger partial charge in [-0.15, -0.1) is 11.3 Å². The second-order valence-corrected chi connectivity index (χ2v) is 10.8. The van der Waals surface area contributed by atoms with Gasteiger partial charge in [0, 0.05) is 17.3 Å². The summed E-state index contributed by atoms with van der Waals surface area (Å²) in [5.41, 5.74) is 8.08. The number of aromatic nitrogens is 2. The Balaban J connectivity index is 1.24. The van der Waals surface area contributed by atoms with E-state index < -0.39 is 0 Å². The molecule has 1 aliphatic carbocycles. The number of aryl methyl sites for hydroxylation is 2. The van der Waals surface area contributed by atoms with Crippen LogP contribution in [-0.4, -0.2) is 47.0 Å². The number of anilines is 1. The number of rotatable bonds is 9. The third-order valence-electron chi connectivity index (χ3n) is 7.24. The lowest BCUT2D eigenvalue weighted by molar-refractivity contribution is -0.123. The normalized spacial score (nSPS) is 17.1. The van der Waals surface area contributed by atoms with E-state index >= 15 is 0 Å². The molecule has 1 amide bonds. The van der Waals surface area contributed by atoms with Crippen LogP contribution in [0, 0.1) is 5.92 Å². The quantitative estimate of drug-likeness (QED) is 0.407. The zero-order chi connectivity index (χ0) is 24.0. The van der Waals surface area contributed by atoms with E-state index in [2.05, 4.69) is 28.4 Å². The number of nitrogens with one attached hydrogen (secondary N) is 1. The van der Waals surface area contributed by atoms with Crippen LogP contribution in [0.4, 0.5) is 5.82 Å². The summed E-state index contributed by atoms with van der Waals surface area (Å²) in [5.74, 6) is 1.68. The zero-order valence-electron chi connectivity index (χ0n) is 20.3. The Morgan fingerprint density at radius 1 is 1.09 bits per heavy atom. The number of amides is 1. The van der Waals surface area contributed by atoms with Crippen LogP contribution >= 0.6 is 11.3 Å². The first kappa shape index (κ1) is 23.9. The van der Waals surface area contributed by atoms with E-state index in [9.17, 15) is 4.79 Å². The largest absolute Gasteiger partial charge is 0.369 e. The molecule has 3 aromatic rings. The number of piperidine rings is 1. The molecule has 2 aliphatic rings. The van der Waals surface area contributed by atoms with Crippen LogP contribution < -0.4 is 11.1 Å². The van der Waals surface area contributed by atoms with Gasteiger partial charge in [-0.25, -0.2) is 9.97 Å². The molecule has 0 saturated carbocycles. The predicted octanol–water partition coefficient (Wildman–Crippen LogP) is 5.13. The molecule has 0 spiro atoms. The molecule has 2 aromatic heterocycles. The summed E-state index contributed by atoms with van der Waals surface area (Å²) in [6.45, 7) is 3.93. The number of benzene rings is 1. The Morgan fingerprint density at radius 3 is 2.69 bits per heavy atom. The van der Waals surface area contributed by atoms with Gasteiger partial charge in [0.25, 0.3) is 0 Å². The highest BCUT2D eigenvalue weighted by molar-refractivity contribution is 7.19. The monoisotopic (exact) mass is 489 g/mol. The molecule has 3 heterocycles. The smallest absolute Gasteiger partial charge is 0.220 e. The van der Waals surface area contributed by atoms with Crippen molar-refractivity contribution in [3.05, 3.63) is 52.2 Å². The third-order valence-corrected chi connectivity index (χ3v) is 8.43. The number of nitrogens with two attached hydrogens (primary N) is 1. The molecule has 1 aromatic carbocycles. The van der Waals surface area contributed by atoms with Crippen molar-refractivity contribution in [2.75, 3.05) is 31.5 Å². The Hall–Kier alpha value is -2.77. The van der Waals surface area contributed by atoms with Gasteiger partial charge in [0.2, 0.25) is 5.91 Å². The molecule has 184 valence electrons. The fourth-order valence-electron chi connectivity index (χ4n) is 5.22. The number of unbranched alkanes of at least 4 members (excludes halogenated alkanes) is 1. The summed E-state index contributed by atoms with van der Waals surface area (Å²) in [4.78, 5) is 26.3. The van der Waals surface area contributed by atoms with Crippen LogP contribution in [-0.2, 0) is 17.6 Å². The SMILES string of the molecule is NC(=O)C1CCN(CCCCNc2nc(/C=C/c3ccccc3)nc3sc4c(c23)CCCC4)CC1. The number of carbonyl (C=O) groups is 1. The van der Waals surface area contributed by atoms with Gasteiger partial charge in [-0.3, -0.25) is 4.79 Å². The van der Waals surface area contributed by atoms with Crippen LogP contribution in [0.15, 0.2) is 30.3 Å². The number of nitrogens with zero attached hydrogens (tertiary/aromatic N) is 3.